The molecule has 0 aliphatic heterocycles. The van der Waals surface area contributed by atoms with Crippen LogP contribution in [0.2, 0.25) is 0 Å². The van der Waals surface area contributed by atoms with Gasteiger partial charge < -0.3 is 15.3 Å². The van der Waals surface area contributed by atoms with Gasteiger partial charge in [-0.1, -0.05) is 38.5 Å². The summed E-state index contributed by atoms with van der Waals surface area (Å²) in [6.07, 6.45) is 9.59. The van der Waals surface area contributed by atoms with Crippen molar-refractivity contribution in [1.29, 1.82) is 0 Å². The first-order valence-electron chi connectivity index (χ1n) is 6.34. The fourth-order valence-electron chi connectivity index (χ4n) is 1.08. The summed E-state index contributed by atoms with van der Waals surface area (Å²) < 4.78 is 0. The van der Waals surface area contributed by atoms with Gasteiger partial charge in [0.25, 0.3) is 0 Å². The maximum atomic E-state index is 9.87. The minimum atomic E-state index is -1.27. The minimum Gasteiger partial charge on any atom is -0.481 e. The summed E-state index contributed by atoms with van der Waals surface area (Å²) in [5, 5.41) is 24.5. The van der Waals surface area contributed by atoms with Gasteiger partial charge in [-0.25, -0.2) is 4.79 Å². The molecule has 5 heteroatoms. The van der Waals surface area contributed by atoms with Crippen molar-refractivity contribution in [1.82, 2.24) is 0 Å². The number of allylic oxidation sites excluding steroid dienone is 1. The Morgan fingerprint density at radius 2 is 1.68 bits per heavy atom. The van der Waals surface area contributed by atoms with Crippen molar-refractivity contribution < 1.29 is 24.9 Å². The number of rotatable bonds is 9. The Balaban J connectivity index is 0. The zero-order valence-electron chi connectivity index (χ0n) is 11.5. The van der Waals surface area contributed by atoms with E-state index in [9.17, 15) is 9.59 Å². The van der Waals surface area contributed by atoms with Crippen molar-refractivity contribution >= 4 is 11.9 Å². The van der Waals surface area contributed by atoms with Crippen LogP contribution in [0.25, 0.3) is 0 Å². The van der Waals surface area contributed by atoms with Crippen LogP contribution in [0, 0.1) is 0 Å². The molecule has 0 bridgehead atoms. The lowest BCUT2D eigenvalue weighted by Crippen LogP contribution is -2.04. The lowest BCUT2D eigenvalue weighted by molar-refractivity contribution is -0.139. The zero-order valence-corrected chi connectivity index (χ0v) is 11.5. The van der Waals surface area contributed by atoms with Crippen LogP contribution in [0.1, 0.15) is 45.4 Å². The number of carboxylic acid groups (broad SMARTS) is 2. The Hall–Kier alpha value is -1.62. The second kappa shape index (κ2) is 14.4. The largest absolute Gasteiger partial charge is 0.481 e. The summed E-state index contributed by atoms with van der Waals surface area (Å²) in [6, 6.07) is 0. The molecule has 0 radical (unpaired) electrons. The standard InChI is InChI=1S/C9H18O.C5H6O4/c1-2-3-4-5-6-7-8-9-10;1-3(5(8)9)2-4(6)7/h6-7,10H,2-5,8-9H2,1H3;1-2H2,(H,6,7)(H,8,9). The van der Waals surface area contributed by atoms with Gasteiger partial charge in [-0.2, -0.15) is 0 Å². The molecule has 0 aromatic heterocycles. The fourth-order valence-corrected chi connectivity index (χ4v) is 1.08. The molecule has 0 unspecified atom stereocenters. The average Bonchev–Trinajstić information content (AvgIpc) is 2.33. The molecule has 0 saturated heterocycles. The molecular weight excluding hydrogens is 248 g/mol. The van der Waals surface area contributed by atoms with E-state index in [1.54, 1.807) is 0 Å². The van der Waals surface area contributed by atoms with Crippen LogP contribution in [0.15, 0.2) is 24.3 Å². The van der Waals surface area contributed by atoms with Crippen molar-refractivity contribution in [2.45, 2.75) is 45.4 Å². The van der Waals surface area contributed by atoms with E-state index in [0.717, 1.165) is 6.42 Å². The average molecular weight is 272 g/mol. The van der Waals surface area contributed by atoms with Crippen LogP contribution in [-0.2, 0) is 9.59 Å². The number of hydrogen-bond donors (Lipinski definition) is 3. The third-order valence-electron chi connectivity index (χ3n) is 2.10. The molecule has 0 saturated carbocycles. The molecule has 110 valence electrons. The molecule has 0 aromatic carbocycles. The van der Waals surface area contributed by atoms with Crippen molar-refractivity contribution in [3.8, 4) is 0 Å². The predicted octanol–water partition coefficient (Wildman–Crippen LogP) is 2.61. The molecule has 0 heterocycles. The van der Waals surface area contributed by atoms with E-state index in [1.807, 2.05) is 0 Å². The smallest absolute Gasteiger partial charge is 0.331 e. The molecule has 0 rings (SSSR count). The molecule has 0 aromatic rings. The summed E-state index contributed by atoms with van der Waals surface area (Å²) in [5.41, 5.74) is -0.303. The lowest BCUT2D eigenvalue weighted by atomic mass is 10.2. The number of aliphatic hydroxyl groups is 1. The summed E-state index contributed by atoms with van der Waals surface area (Å²) in [7, 11) is 0. The van der Waals surface area contributed by atoms with Crippen molar-refractivity contribution in [3.63, 3.8) is 0 Å². The predicted molar refractivity (Wildman–Crippen MR) is 74.0 cm³/mol. The third kappa shape index (κ3) is 18.9. The topological polar surface area (TPSA) is 94.8 Å². The number of unbranched alkanes of at least 4 members (excludes halogenated alkanes) is 3. The van der Waals surface area contributed by atoms with Crippen molar-refractivity contribution in [2.24, 2.45) is 0 Å². The highest BCUT2D eigenvalue weighted by atomic mass is 16.4. The van der Waals surface area contributed by atoms with E-state index in [0.29, 0.717) is 0 Å². The van der Waals surface area contributed by atoms with Crippen LogP contribution in [0.4, 0.5) is 0 Å². The van der Waals surface area contributed by atoms with Crippen LogP contribution in [0.5, 0.6) is 0 Å². The van der Waals surface area contributed by atoms with Gasteiger partial charge in [0.15, 0.2) is 0 Å². The first kappa shape index (κ1) is 19.7. The molecule has 0 aliphatic carbocycles. The number of hydrogen-bond acceptors (Lipinski definition) is 3. The lowest BCUT2D eigenvalue weighted by Gasteiger charge is -1.91. The Morgan fingerprint density at radius 3 is 2.05 bits per heavy atom. The highest BCUT2D eigenvalue weighted by Crippen LogP contribution is 1.99. The summed E-state index contributed by atoms with van der Waals surface area (Å²) in [5.74, 6) is -2.44. The normalized spacial score (nSPS) is 9.79. The Kier molecular flexibility index (Phi) is 15.0. The minimum absolute atomic E-state index is 0.282. The van der Waals surface area contributed by atoms with E-state index in [1.165, 1.54) is 25.7 Å². The van der Waals surface area contributed by atoms with E-state index in [-0.39, 0.29) is 12.2 Å². The number of carbonyl (C=O) groups is 2. The molecule has 19 heavy (non-hydrogen) atoms. The van der Waals surface area contributed by atoms with Gasteiger partial charge in [0.05, 0.1) is 6.42 Å². The molecule has 3 N–H and O–H groups in total. The van der Waals surface area contributed by atoms with Gasteiger partial charge in [0.1, 0.15) is 0 Å². The first-order chi connectivity index (χ1) is 8.95. The van der Waals surface area contributed by atoms with Crippen molar-refractivity contribution in [3.05, 3.63) is 24.3 Å². The van der Waals surface area contributed by atoms with Gasteiger partial charge >= 0.3 is 11.9 Å². The molecule has 5 nitrogen and oxygen atoms in total. The van der Waals surface area contributed by atoms with Crippen molar-refractivity contribution in [2.75, 3.05) is 6.61 Å². The summed E-state index contributed by atoms with van der Waals surface area (Å²) in [6.45, 7) is 5.50. The zero-order chi connectivity index (χ0) is 15.1. The van der Waals surface area contributed by atoms with E-state index >= 15 is 0 Å². The Bertz CT molecular complexity index is 294. The van der Waals surface area contributed by atoms with Gasteiger partial charge in [0, 0.05) is 12.2 Å². The molecule has 0 atom stereocenters. The molecule has 0 aliphatic rings. The molecular formula is C14H24O5. The molecule has 0 spiro atoms. The fraction of sp³-hybridized carbons (Fsp3) is 0.571. The van der Waals surface area contributed by atoms with Crippen LogP contribution in [-0.4, -0.2) is 33.9 Å². The highest BCUT2D eigenvalue weighted by molar-refractivity contribution is 5.91. The van der Waals surface area contributed by atoms with Crippen LogP contribution < -0.4 is 0 Å². The SMILES string of the molecule is C=C(CC(=O)O)C(=O)O.CCCCCC=CCCO. The van der Waals surface area contributed by atoms with E-state index < -0.39 is 18.4 Å². The second-order valence-corrected chi connectivity index (χ2v) is 3.96. The van der Waals surface area contributed by atoms with E-state index in [4.69, 9.17) is 15.3 Å². The quantitative estimate of drug-likeness (QED) is 0.341. The first-order valence-corrected chi connectivity index (χ1v) is 6.34. The Labute approximate surface area is 114 Å². The summed E-state index contributed by atoms with van der Waals surface area (Å²) in [4.78, 5) is 19.7. The monoisotopic (exact) mass is 272 g/mol. The van der Waals surface area contributed by atoms with Gasteiger partial charge in [-0.3, -0.25) is 4.79 Å². The number of aliphatic hydroxyl groups excluding tert-OH is 1. The number of aliphatic carboxylic acids is 2. The number of carboxylic acids is 2. The van der Waals surface area contributed by atoms with Gasteiger partial charge in [-0.15, -0.1) is 0 Å². The highest BCUT2D eigenvalue weighted by Gasteiger charge is 2.07. The van der Waals surface area contributed by atoms with Gasteiger partial charge in [-0.05, 0) is 19.3 Å². The summed E-state index contributed by atoms with van der Waals surface area (Å²) >= 11 is 0. The maximum Gasteiger partial charge on any atom is 0.331 e. The second-order valence-electron chi connectivity index (χ2n) is 3.96. The Morgan fingerprint density at radius 1 is 1.11 bits per heavy atom. The van der Waals surface area contributed by atoms with Gasteiger partial charge in [0.2, 0.25) is 0 Å². The van der Waals surface area contributed by atoms with E-state index in [2.05, 4.69) is 25.7 Å². The van der Waals surface area contributed by atoms with Crippen LogP contribution >= 0.6 is 0 Å². The molecule has 0 amide bonds. The molecule has 0 fully saturated rings. The van der Waals surface area contributed by atoms with Crippen LogP contribution in [0.3, 0.4) is 0 Å². The third-order valence-corrected chi connectivity index (χ3v) is 2.10. The maximum absolute atomic E-state index is 9.87.